The Kier molecular flexibility index (Phi) is 6.63. The molecule has 0 saturated carbocycles. The van der Waals surface area contributed by atoms with Gasteiger partial charge in [0, 0.05) is 42.6 Å². The number of nitrogens with zero attached hydrogens (tertiary/aromatic N) is 2. The SMILES string of the molecule is CO[C@H](CCO)[C@H](Cc1ccc(Cl)cc1)c1ccnn1C(C)C. The minimum Gasteiger partial charge on any atom is -0.396 e. The summed E-state index contributed by atoms with van der Waals surface area (Å²) in [4.78, 5) is 0. The number of rotatable bonds is 8. The molecule has 0 aliphatic carbocycles. The topological polar surface area (TPSA) is 47.3 Å². The molecule has 2 aromatic rings. The Morgan fingerprint density at radius 2 is 1.91 bits per heavy atom. The second-order valence-corrected chi connectivity index (χ2v) is 6.45. The van der Waals surface area contributed by atoms with E-state index in [1.807, 2.05) is 41.2 Å². The fourth-order valence-electron chi connectivity index (χ4n) is 2.96. The van der Waals surface area contributed by atoms with Gasteiger partial charge < -0.3 is 9.84 Å². The van der Waals surface area contributed by atoms with E-state index in [0.717, 1.165) is 17.1 Å². The first-order valence-electron chi connectivity index (χ1n) is 7.98. The van der Waals surface area contributed by atoms with E-state index in [9.17, 15) is 5.11 Å². The molecule has 23 heavy (non-hydrogen) atoms. The van der Waals surface area contributed by atoms with E-state index in [1.54, 1.807) is 7.11 Å². The maximum atomic E-state index is 9.38. The summed E-state index contributed by atoms with van der Waals surface area (Å²) in [7, 11) is 1.70. The lowest BCUT2D eigenvalue weighted by Gasteiger charge is -2.27. The van der Waals surface area contributed by atoms with Crippen LogP contribution in [0.15, 0.2) is 36.5 Å². The van der Waals surface area contributed by atoms with Gasteiger partial charge in [0.2, 0.25) is 0 Å². The second-order valence-electron chi connectivity index (χ2n) is 6.02. The first kappa shape index (κ1) is 18.0. The van der Waals surface area contributed by atoms with Gasteiger partial charge in [0.1, 0.15) is 0 Å². The summed E-state index contributed by atoms with van der Waals surface area (Å²) in [5.41, 5.74) is 2.33. The molecule has 0 aliphatic rings. The van der Waals surface area contributed by atoms with Crippen molar-refractivity contribution in [3.05, 3.63) is 52.8 Å². The molecular weight excluding hydrogens is 312 g/mol. The highest BCUT2D eigenvalue weighted by atomic mass is 35.5. The standard InChI is InChI=1S/C18H25ClN2O2/c1-13(2)21-17(8-10-20-21)16(18(23-3)9-11-22)12-14-4-6-15(19)7-5-14/h4-8,10,13,16,18,22H,9,11-12H2,1-3H3/t16-,18-/m1/s1. The Hall–Kier alpha value is -1.36. The maximum absolute atomic E-state index is 9.38. The van der Waals surface area contributed by atoms with Crippen molar-refractivity contribution < 1.29 is 9.84 Å². The lowest BCUT2D eigenvalue weighted by Crippen LogP contribution is -2.27. The van der Waals surface area contributed by atoms with Crippen LogP contribution in [-0.2, 0) is 11.2 Å². The summed E-state index contributed by atoms with van der Waals surface area (Å²) in [6.07, 6.45) is 3.17. The van der Waals surface area contributed by atoms with Gasteiger partial charge in [0.05, 0.1) is 6.10 Å². The average molecular weight is 337 g/mol. The van der Waals surface area contributed by atoms with Crippen molar-refractivity contribution in [2.24, 2.45) is 0 Å². The Morgan fingerprint density at radius 1 is 1.22 bits per heavy atom. The number of aliphatic hydroxyl groups is 1. The zero-order valence-corrected chi connectivity index (χ0v) is 14.7. The van der Waals surface area contributed by atoms with Crippen LogP contribution >= 0.6 is 11.6 Å². The van der Waals surface area contributed by atoms with Gasteiger partial charge in [-0.05, 0) is 50.5 Å². The molecule has 0 radical (unpaired) electrons. The Labute approximate surface area is 143 Å². The molecule has 126 valence electrons. The fourth-order valence-corrected chi connectivity index (χ4v) is 3.09. The molecule has 1 heterocycles. The number of hydrogen-bond donors (Lipinski definition) is 1. The van der Waals surface area contributed by atoms with Crippen LogP contribution in [0.5, 0.6) is 0 Å². The van der Waals surface area contributed by atoms with Crippen LogP contribution in [0.1, 0.15) is 43.5 Å². The van der Waals surface area contributed by atoms with Gasteiger partial charge in [-0.15, -0.1) is 0 Å². The summed E-state index contributed by atoms with van der Waals surface area (Å²) < 4.78 is 7.71. The van der Waals surface area contributed by atoms with Gasteiger partial charge in [-0.2, -0.15) is 5.10 Å². The molecule has 0 spiro atoms. The molecule has 0 amide bonds. The van der Waals surface area contributed by atoms with Crippen molar-refractivity contribution in [1.82, 2.24) is 9.78 Å². The van der Waals surface area contributed by atoms with E-state index in [2.05, 4.69) is 18.9 Å². The number of halogens is 1. The summed E-state index contributed by atoms with van der Waals surface area (Å²) in [6.45, 7) is 4.33. The quantitative estimate of drug-likeness (QED) is 0.796. The number of benzene rings is 1. The third-order valence-electron chi connectivity index (χ3n) is 4.10. The van der Waals surface area contributed by atoms with Crippen LogP contribution in [0.3, 0.4) is 0 Å². The smallest absolute Gasteiger partial charge is 0.0679 e. The highest BCUT2D eigenvalue weighted by Crippen LogP contribution is 2.29. The van der Waals surface area contributed by atoms with Crippen molar-refractivity contribution in [2.75, 3.05) is 13.7 Å². The Bertz CT molecular complexity index is 595. The zero-order chi connectivity index (χ0) is 16.8. The Morgan fingerprint density at radius 3 is 2.48 bits per heavy atom. The molecule has 0 bridgehead atoms. The monoisotopic (exact) mass is 336 g/mol. The largest absolute Gasteiger partial charge is 0.396 e. The molecule has 4 nitrogen and oxygen atoms in total. The first-order chi connectivity index (χ1) is 11.1. The van der Waals surface area contributed by atoms with E-state index in [1.165, 1.54) is 5.56 Å². The number of aliphatic hydroxyl groups excluding tert-OH is 1. The van der Waals surface area contributed by atoms with Crippen LogP contribution in [0.2, 0.25) is 5.02 Å². The lowest BCUT2D eigenvalue weighted by molar-refractivity contribution is 0.0535. The van der Waals surface area contributed by atoms with E-state index < -0.39 is 0 Å². The second kappa shape index (κ2) is 8.48. The molecule has 0 saturated heterocycles. The van der Waals surface area contributed by atoms with Crippen LogP contribution in [0, 0.1) is 0 Å². The molecule has 0 fully saturated rings. The van der Waals surface area contributed by atoms with E-state index in [4.69, 9.17) is 16.3 Å². The molecule has 1 N–H and O–H groups in total. The third-order valence-corrected chi connectivity index (χ3v) is 4.36. The number of ether oxygens (including phenoxy) is 1. The van der Waals surface area contributed by atoms with Gasteiger partial charge in [0.15, 0.2) is 0 Å². The van der Waals surface area contributed by atoms with E-state index in [-0.39, 0.29) is 24.7 Å². The Balaban J connectivity index is 2.34. The lowest BCUT2D eigenvalue weighted by atomic mass is 9.89. The van der Waals surface area contributed by atoms with Gasteiger partial charge in [-0.1, -0.05) is 23.7 Å². The van der Waals surface area contributed by atoms with Gasteiger partial charge in [-0.3, -0.25) is 4.68 Å². The highest BCUT2D eigenvalue weighted by Gasteiger charge is 2.27. The van der Waals surface area contributed by atoms with Crippen LogP contribution in [0.4, 0.5) is 0 Å². The van der Waals surface area contributed by atoms with E-state index in [0.29, 0.717) is 6.42 Å². The van der Waals surface area contributed by atoms with E-state index >= 15 is 0 Å². The average Bonchev–Trinajstić information content (AvgIpc) is 3.02. The predicted molar refractivity (Wildman–Crippen MR) is 93.0 cm³/mol. The van der Waals surface area contributed by atoms with Crippen molar-refractivity contribution in [3.8, 4) is 0 Å². The molecule has 2 atom stereocenters. The highest BCUT2D eigenvalue weighted by molar-refractivity contribution is 6.30. The molecule has 0 unspecified atom stereocenters. The summed E-state index contributed by atoms with van der Waals surface area (Å²) in [5, 5.41) is 14.6. The number of methoxy groups -OCH3 is 1. The number of aromatic nitrogens is 2. The fraction of sp³-hybridized carbons (Fsp3) is 0.500. The predicted octanol–water partition coefficient (Wildman–Crippen LogP) is 3.84. The van der Waals surface area contributed by atoms with Crippen LogP contribution in [0.25, 0.3) is 0 Å². The molecule has 2 rings (SSSR count). The van der Waals surface area contributed by atoms with Crippen LogP contribution in [-0.4, -0.2) is 34.7 Å². The van der Waals surface area contributed by atoms with Crippen molar-refractivity contribution in [1.29, 1.82) is 0 Å². The van der Waals surface area contributed by atoms with Gasteiger partial charge in [0.25, 0.3) is 0 Å². The molecular formula is C18H25ClN2O2. The third kappa shape index (κ3) is 4.56. The number of hydrogen-bond acceptors (Lipinski definition) is 3. The minimum atomic E-state index is -0.0649. The molecule has 0 aliphatic heterocycles. The first-order valence-corrected chi connectivity index (χ1v) is 8.36. The normalized spacial score (nSPS) is 14.2. The van der Waals surface area contributed by atoms with Gasteiger partial charge >= 0.3 is 0 Å². The maximum Gasteiger partial charge on any atom is 0.0679 e. The van der Waals surface area contributed by atoms with Crippen LogP contribution < -0.4 is 0 Å². The van der Waals surface area contributed by atoms with Crippen molar-refractivity contribution in [2.45, 2.75) is 44.8 Å². The molecule has 1 aromatic carbocycles. The summed E-state index contributed by atoms with van der Waals surface area (Å²) in [6, 6.07) is 10.2. The minimum absolute atomic E-state index is 0.0649. The molecule has 1 aromatic heterocycles. The molecule has 5 heteroatoms. The van der Waals surface area contributed by atoms with Crippen molar-refractivity contribution >= 4 is 11.6 Å². The van der Waals surface area contributed by atoms with Gasteiger partial charge in [-0.25, -0.2) is 0 Å². The van der Waals surface area contributed by atoms with Crippen molar-refractivity contribution in [3.63, 3.8) is 0 Å². The summed E-state index contributed by atoms with van der Waals surface area (Å²) in [5.74, 6) is 0.123. The summed E-state index contributed by atoms with van der Waals surface area (Å²) >= 11 is 5.98. The zero-order valence-electron chi connectivity index (χ0n) is 13.9.